The van der Waals surface area contributed by atoms with Crippen LogP contribution in [0.25, 0.3) is 0 Å². The van der Waals surface area contributed by atoms with Crippen LogP contribution in [0.15, 0.2) is 23.1 Å². The molecule has 0 saturated heterocycles. The Kier molecular flexibility index (Phi) is 1.61. The molecule has 0 aromatic carbocycles. The van der Waals surface area contributed by atoms with Gasteiger partial charge < -0.3 is 0 Å². The third kappa shape index (κ3) is 0.929. The summed E-state index contributed by atoms with van der Waals surface area (Å²) >= 11 is 1.99. The lowest BCUT2D eigenvalue weighted by Gasteiger charge is -2.19. The standard InChI is InChI=1S/C9H12S/c1-7-9-5-3-2-4-8(9)6-10-7/h2,4,6-7,9H,3,5H2,1H3. The maximum Gasteiger partial charge on any atom is 0.0129 e. The lowest BCUT2D eigenvalue weighted by atomic mass is 9.88. The highest BCUT2D eigenvalue weighted by molar-refractivity contribution is 8.03. The Morgan fingerprint density at radius 3 is 3.30 bits per heavy atom. The van der Waals surface area contributed by atoms with Gasteiger partial charge in [-0.25, -0.2) is 0 Å². The Morgan fingerprint density at radius 1 is 1.60 bits per heavy atom. The van der Waals surface area contributed by atoms with E-state index in [9.17, 15) is 0 Å². The number of thioether (sulfide) groups is 1. The summed E-state index contributed by atoms with van der Waals surface area (Å²) in [5.74, 6) is 0.870. The molecule has 10 heavy (non-hydrogen) atoms. The summed E-state index contributed by atoms with van der Waals surface area (Å²) < 4.78 is 0. The average molecular weight is 152 g/mol. The quantitative estimate of drug-likeness (QED) is 0.514. The molecule has 0 amide bonds. The third-order valence-corrected chi connectivity index (χ3v) is 3.53. The zero-order valence-electron chi connectivity index (χ0n) is 6.21. The van der Waals surface area contributed by atoms with Crippen LogP contribution < -0.4 is 0 Å². The second-order valence-corrected chi connectivity index (χ2v) is 4.30. The van der Waals surface area contributed by atoms with E-state index in [-0.39, 0.29) is 0 Å². The fourth-order valence-corrected chi connectivity index (χ4v) is 2.81. The van der Waals surface area contributed by atoms with Gasteiger partial charge in [0.2, 0.25) is 0 Å². The summed E-state index contributed by atoms with van der Waals surface area (Å²) in [4.78, 5) is 0. The number of hydrogen-bond acceptors (Lipinski definition) is 1. The molecular weight excluding hydrogens is 140 g/mol. The molecule has 1 heteroatoms. The molecule has 2 aliphatic rings. The lowest BCUT2D eigenvalue weighted by molar-refractivity contribution is 0.567. The first-order valence-corrected chi connectivity index (χ1v) is 4.84. The van der Waals surface area contributed by atoms with Gasteiger partial charge in [0.1, 0.15) is 0 Å². The molecular formula is C9H12S. The van der Waals surface area contributed by atoms with Gasteiger partial charge in [0.05, 0.1) is 0 Å². The van der Waals surface area contributed by atoms with E-state index in [1.165, 1.54) is 12.8 Å². The van der Waals surface area contributed by atoms with E-state index >= 15 is 0 Å². The smallest absolute Gasteiger partial charge is 0.0129 e. The second kappa shape index (κ2) is 2.46. The summed E-state index contributed by atoms with van der Waals surface area (Å²) in [6.07, 6.45) is 7.25. The third-order valence-electron chi connectivity index (χ3n) is 2.37. The number of rotatable bonds is 0. The number of hydrogen-bond donors (Lipinski definition) is 0. The fraction of sp³-hybridized carbons (Fsp3) is 0.556. The van der Waals surface area contributed by atoms with Gasteiger partial charge in [0.15, 0.2) is 0 Å². The van der Waals surface area contributed by atoms with Crippen LogP contribution in [0.2, 0.25) is 0 Å². The molecule has 0 fully saturated rings. The highest BCUT2D eigenvalue weighted by Crippen LogP contribution is 2.40. The molecule has 0 aromatic rings. The SMILES string of the molecule is CC1SC=C2C=CCCC21. The first-order valence-electron chi connectivity index (χ1n) is 3.90. The van der Waals surface area contributed by atoms with Crippen LogP contribution in [0.4, 0.5) is 0 Å². The zero-order chi connectivity index (χ0) is 6.97. The Balaban J connectivity index is 2.23. The maximum atomic E-state index is 2.33. The van der Waals surface area contributed by atoms with E-state index in [1.807, 2.05) is 11.8 Å². The van der Waals surface area contributed by atoms with Gasteiger partial charge in [-0.1, -0.05) is 19.1 Å². The van der Waals surface area contributed by atoms with Crippen LogP contribution in [0.3, 0.4) is 0 Å². The van der Waals surface area contributed by atoms with Crippen molar-refractivity contribution in [3.05, 3.63) is 23.1 Å². The van der Waals surface area contributed by atoms with E-state index in [2.05, 4.69) is 24.5 Å². The average Bonchev–Trinajstić information content (AvgIpc) is 2.34. The van der Waals surface area contributed by atoms with E-state index in [0.29, 0.717) is 0 Å². The molecule has 1 heterocycles. The molecule has 0 nitrogen and oxygen atoms in total. The van der Waals surface area contributed by atoms with Crippen molar-refractivity contribution in [3.63, 3.8) is 0 Å². The van der Waals surface area contributed by atoms with Crippen molar-refractivity contribution in [3.8, 4) is 0 Å². The largest absolute Gasteiger partial charge is 0.130 e. The van der Waals surface area contributed by atoms with Gasteiger partial charge >= 0.3 is 0 Å². The van der Waals surface area contributed by atoms with Gasteiger partial charge in [-0.15, -0.1) is 11.8 Å². The molecule has 1 aliphatic carbocycles. The summed E-state index contributed by atoms with van der Waals surface area (Å²) in [6.45, 7) is 2.33. The molecule has 2 atom stereocenters. The summed E-state index contributed by atoms with van der Waals surface area (Å²) in [5.41, 5.74) is 1.57. The normalized spacial score (nSPS) is 37.5. The van der Waals surface area contributed by atoms with Crippen molar-refractivity contribution < 1.29 is 0 Å². The minimum absolute atomic E-state index is 0.833. The van der Waals surface area contributed by atoms with Gasteiger partial charge in [0.25, 0.3) is 0 Å². The molecule has 0 spiro atoms. The maximum absolute atomic E-state index is 2.33. The van der Waals surface area contributed by atoms with Gasteiger partial charge in [-0.05, 0) is 29.7 Å². The second-order valence-electron chi connectivity index (χ2n) is 3.05. The predicted molar refractivity (Wildman–Crippen MR) is 47.0 cm³/mol. The summed E-state index contributed by atoms with van der Waals surface area (Å²) in [6, 6.07) is 0. The molecule has 2 rings (SSSR count). The molecule has 0 saturated carbocycles. The van der Waals surface area contributed by atoms with Gasteiger partial charge in [-0.3, -0.25) is 0 Å². The minimum atomic E-state index is 0.833. The number of fused-ring (bicyclic) bond motifs is 1. The van der Waals surface area contributed by atoms with Crippen molar-refractivity contribution in [2.45, 2.75) is 25.0 Å². The van der Waals surface area contributed by atoms with Gasteiger partial charge in [0, 0.05) is 5.25 Å². The zero-order valence-corrected chi connectivity index (χ0v) is 7.03. The first-order chi connectivity index (χ1) is 4.88. The Labute approximate surface area is 66.4 Å². The monoisotopic (exact) mass is 152 g/mol. The van der Waals surface area contributed by atoms with E-state index in [0.717, 1.165) is 11.2 Å². The van der Waals surface area contributed by atoms with Crippen molar-refractivity contribution in [1.29, 1.82) is 0 Å². The van der Waals surface area contributed by atoms with Crippen LogP contribution in [0, 0.1) is 5.92 Å². The van der Waals surface area contributed by atoms with Crippen LogP contribution in [-0.2, 0) is 0 Å². The Bertz CT molecular complexity index is 191. The van der Waals surface area contributed by atoms with E-state index < -0.39 is 0 Å². The fourth-order valence-electron chi connectivity index (χ4n) is 1.70. The highest BCUT2D eigenvalue weighted by Gasteiger charge is 2.26. The molecule has 1 aliphatic heterocycles. The molecule has 2 unspecified atom stereocenters. The van der Waals surface area contributed by atoms with Crippen LogP contribution in [0.5, 0.6) is 0 Å². The minimum Gasteiger partial charge on any atom is -0.130 e. The van der Waals surface area contributed by atoms with Crippen LogP contribution >= 0.6 is 11.8 Å². The highest BCUT2D eigenvalue weighted by atomic mass is 32.2. The number of allylic oxidation sites excluding steroid dienone is 3. The first kappa shape index (κ1) is 6.53. The topological polar surface area (TPSA) is 0 Å². The molecule has 0 radical (unpaired) electrons. The molecule has 0 N–H and O–H groups in total. The predicted octanol–water partition coefficient (Wildman–Crippen LogP) is 2.97. The lowest BCUT2D eigenvalue weighted by Crippen LogP contribution is -2.12. The Hall–Kier alpha value is -0.170. The van der Waals surface area contributed by atoms with Gasteiger partial charge in [-0.2, -0.15) is 0 Å². The van der Waals surface area contributed by atoms with Crippen molar-refractivity contribution in [2.75, 3.05) is 0 Å². The molecule has 0 aromatic heterocycles. The van der Waals surface area contributed by atoms with Crippen molar-refractivity contribution in [1.82, 2.24) is 0 Å². The Morgan fingerprint density at radius 2 is 2.50 bits per heavy atom. The summed E-state index contributed by atoms with van der Waals surface area (Å²) in [7, 11) is 0. The van der Waals surface area contributed by atoms with Crippen LogP contribution in [0.1, 0.15) is 19.8 Å². The molecule has 0 bridgehead atoms. The van der Waals surface area contributed by atoms with Crippen molar-refractivity contribution in [2.24, 2.45) is 5.92 Å². The molecule has 54 valence electrons. The van der Waals surface area contributed by atoms with E-state index in [4.69, 9.17) is 0 Å². The van der Waals surface area contributed by atoms with Crippen LogP contribution in [-0.4, -0.2) is 5.25 Å². The van der Waals surface area contributed by atoms with E-state index in [1.54, 1.807) is 5.57 Å². The summed E-state index contributed by atoms with van der Waals surface area (Å²) in [5, 5.41) is 3.16. The van der Waals surface area contributed by atoms with Crippen molar-refractivity contribution >= 4 is 11.8 Å².